The first kappa shape index (κ1) is 16.7. The van der Waals surface area contributed by atoms with Gasteiger partial charge in [0, 0.05) is 17.7 Å². The topological polar surface area (TPSA) is 21.3 Å². The normalized spacial score (nSPS) is 24.1. The van der Waals surface area contributed by atoms with E-state index in [1.807, 2.05) is 6.08 Å². The molecule has 2 nitrogen and oxygen atoms in total. The Morgan fingerprint density at radius 3 is 2.37 bits per heavy atom. The fraction of sp³-hybridized carbons (Fsp3) is 0.882. The first-order valence-corrected chi connectivity index (χ1v) is 7.76. The Labute approximate surface area is 120 Å². The van der Waals surface area contributed by atoms with Crippen molar-refractivity contribution in [1.29, 1.82) is 0 Å². The van der Waals surface area contributed by atoms with Crippen LogP contribution in [0.4, 0.5) is 0 Å². The van der Waals surface area contributed by atoms with Gasteiger partial charge in [-0.1, -0.05) is 13.0 Å². The van der Waals surface area contributed by atoms with Crippen LogP contribution in [-0.2, 0) is 4.74 Å². The van der Waals surface area contributed by atoms with E-state index in [0.29, 0.717) is 6.10 Å². The molecule has 0 radical (unpaired) electrons. The van der Waals surface area contributed by atoms with Crippen LogP contribution in [0.2, 0.25) is 0 Å². The standard InChI is InChI=1S/C17H33NO/c1-7-9-14(2)10-8-11-19-15-12-16(3,4)18-17(5,6)13-15/h7,14-15,18H,1,8-13H2,2-6H3. The first-order chi connectivity index (χ1) is 8.74. The van der Waals surface area contributed by atoms with Gasteiger partial charge in [0.1, 0.15) is 0 Å². The fourth-order valence-corrected chi connectivity index (χ4v) is 3.43. The molecule has 1 aliphatic heterocycles. The second-order valence-corrected chi connectivity index (χ2v) is 7.57. The monoisotopic (exact) mass is 267 g/mol. The van der Waals surface area contributed by atoms with Crippen LogP contribution in [0.3, 0.4) is 0 Å². The van der Waals surface area contributed by atoms with E-state index in [1.165, 1.54) is 12.8 Å². The van der Waals surface area contributed by atoms with Crippen LogP contribution in [0.1, 0.15) is 66.7 Å². The lowest BCUT2D eigenvalue weighted by Gasteiger charge is -2.46. The molecule has 1 aliphatic rings. The summed E-state index contributed by atoms with van der Waals surface area (Å²) in [6.07, 6.45) is 8.17. The number of nitrogens with one attached hydrogen (secondary N) is 1. The van der Waals surface area contributed by atoms with Gasteiger partial charge < -0.3 is 10.1 Å². The van der Waals surface area contributed by atoms with E-state index in [1.54, 1.807) is 0 Å². The van der Waals surface area contributed by atoms with Crippen molar-refractivity contribution in [3.8, 4) is 0 Å². The zero-order valence-corrected chi connectivity index (χ0v) is 13.6. The van der Waals surface area contributed by atoms with Crippen molar-refractivity contribution in [2.24, 2.45) is 5.92 Å². The lowest BCUT2D eigenvalue weighted by molar-refractivity contribution is -0.0234. The summed E-state index contributed by atoms with van der Waals surface area (Å²) in [5, 5.41) is 3.70. The largest absolute Gasteiger partial charge is 0.378 e. The average Bonchev–Trinajstić information content (AvgIpc) is 2.20. The van der Waals surface area contributed by atoms with Crippen molar-refractivity contribution < 1.29 is 4.74 Å². The minimum absolute atomic E-state index is 0.183. The lowest BCUT2D eigenvalue weighted by Crippen LogP contribution is -2.59. The molecular weight excluding hydrogens is 234 g/mol. The molecular formula is C17H33NO. The van der Waals surface area contributed by atoms with Crippen LogP contribution < -0.4 is 5.32 Å². The van der Waals surface area contributed by atoms with E-state index < -0.39 is 0 Å². The molecule has 0 amide bonds. The molecule has 1 heterocycles. The number of allylic oxidation sites excluding steroid dienone is 1. The molecule has 1 atom stereocenters. The highest BCUT2D eigenvalue weighted by Crippen LogP contribution is 2.30. The van der Waals surface area contributed by atoms with Gasteiger partial charge in [-0.25, -0.2) is 0 Å². The Kier molecular flexibility index (Phi) is 6.07. The van der Waals surface area contributed by atoms with E-state index in [4.69, 9.17) is 4.74 Å². The fourth-order valence-electron chi connectivity index (χ4n) is 3.43. The van der Waals surface area contributed by atoms with Crippen LogP contribution in [-0.4, -0.2) is 23.8 Å². The van der Waals surface area contributed by atoms with Gasteiger partial charge in [0.25, 0.3) is 0 Å². The lowest BCUT2D eigenvalue weighted by atomic mass is 9.81. The molecule has 1 fully saturated rings. The van der Waals surface area contributed by atoms with Gasteiger partial charge in [-0.3, -0.25) is 0 Å². The number of piperidine rings is 1. The zero-order chi connectivity index (χ0) is 14.5. The number of ether oxygens (including phenoxy) is 1. The molecule has 2 heteroatoms. The van der Waals surface area contributed by atoms with E-state index in [2.05, 4.69) is 46.5 Å². The molecule has 0 saturated carbocycles. The highest BCUT2D eigenvalue weighted by Gasteiger charge is 2.37. The molecule has 0 aromatic carbocycles. The molecule has 1 N–H and O–H groups in total. The summed E-state index contributed by atoms with van der Waals surface area (Å²) in [4.78, 5) is 0. The number of hydrogen-bond acceptors (Lipinski definition) is 2. The molecule has 0 aromatic rings. The minimum Gasteiger partial charge on any atom is -0.378 e. The molecule has 1 saturated heterocycles. The van der Waals surface area contributed by atoms with Gasteiger partial charge in [-0.2, -0.15) is 0 Å². The smallest absolute Gasteiger partial charge is 0.0609 e. The van der Waals surface area contributed by atoms with Gasteiger partial charge in [0.05, 0.1) is 6.10 Å². The van der Waals surface area contributed by atoms with Crippen LogP contribution in [0.5, 0.6) is 0 Å². The molecule has 0 aliphatic carbocycles. The predicted molar refractivity (Wildman–Crippen MR) is 83.5 cm³/mol. The second kappa shape index (κ2) is 6.90. The van der Waals surface area contributed by atoms with Crippen LogP contribution >= 0.6 is 0 Å². The molecule has 112 valence electrons. The summed E-state index contributed by atoms with van der Waals surface area (Å²) < 4.78 is 6.12. The van der Waals surface area contributed by atoms with Crippen molar-refractivity contribution in [1.82, 2.24) is 5.32 Å². The van der Waals surface area contributed by atoms with Gasteiger partial charge in [0.2, 0.25) is 0 Å². The molecule has 0 bridgehead atoms. The Hall–Kier alpha value is -0.340. The highest BCUT2D eigenvalue weighted by molar-refractivity contribution is 4.97. The summed E-state index contributed by atoms with van der Waals surface area (Å²) in [6, 6.07) is 0. The summed E-state index contributed by atoms with van der Waals surface area (Å²) in [5.41, 5.74) is 0.366. The first-order valence-electron chi connectivity index (χ1n) is 7.76. The Bertz CT molecular complexity index is 267. The van der Waals surface area contributed by atoms with E-state index in [-0.39, 0.29) is 11.1 Å². The van der Waals surface area contributed by atoms with E-state index in [9.17, 15) is 0 Å². The van der Waals surface area contributed by atoms with E-state index >= 15 is 0 Å². The van der Waals surface area contributed by atoms with Crippen LogP contribution in [0.25, 0.3) is 0 Å². The Morgan fingerprint density at radius 2 is 1.84 bits per heavy atom. The maximum atomic E-state index is 6.12. The number of rotatable bonds is 7. The third kappa shape index (κ3) is 6.58. The van der Waals surface area contributed by atoms with Crippen LogP contribution in [0.15, 0.2) is 12.7 Å². The molecule has 1 rings (SSSR count). The predicted octanol–water partition coefficient (Wildman–Crippen LogP) is 4.30. The van der Waals surface area contributed by atoms with Crippen LogP contribution in [0, 0.1) is 5.92 Å². The van der Waals surface area contributed by atoms with Gasteiger partial charge in [0.15, 0.2) is 0 Å². The van der Waals surface area contributed by atoms with E-state index in [0.717, 1.165) is 31.8 Å². The van der Waals surface area contributed by atoms with Crippen molar-refractivity contribution in [3.05, 3.63) is 12.7 Å². The molecule has 1 unspecified atom stereocenters. The summed E-state index contributed by atoms with van der Waals surface area (Å²) in [5.74, 6) is 0.738. The van der Waals surface area contributed by atoms with Crippen molar-refractivity contribution in [3.63, 3.8) is 0 Å². The SMILES string of the molecule is C=CCC(C)CCCOC1CC(C)(C)NC(C)(C)C1. The molecule has 19 heavy (non-hydrogen) atoms. The number of hydrogen-bond donors (Lipinski definition) is 1. The van der Waals surface area contributed by atoms with Crippen molar-refractivity contribution >= 4 is 0 Å². The van der Waals surface area contributed by atoms with Gasteiger partial charge in [-0.15, -0.1) is 6.58 Å². The maximum absolute atomic E-state index is 6.12. The Morgan fingerprint density at radius 1 is 1.26 bits per heavy atom. The maximum Gasteiger partial charge on any atom is 0.0609 e. The Balaban J connectivity index is 2.27. The quantitative estimate of drug-likeness (QED) is 0.548. The van der Waals surface area contributed by atoms with Crippen molar-refractivity contribution in [2.75, 3.05) is 6.61 Å². The third-order valence-corrected chi connectivity index (χ3v) is 3.92. The average molecular weight is 267 g/mol. The van der Waals surface area contributed by atoms with Crippen molar-refractivity contribution in [2.45, 2.75) is 83.9 Å². The molecule has 0 aromatic heterocycles. The van der Waals surface area contributed by atoms with Gasteiger partial charge in [-0.05, 0) is 65.7 Å². The summed E-state index contributed by atoms with van der Waals surface area (Å²) in [6.45, 7) is 16.1. The van der Waals surface area contributed by atoms with Gasteiger partial charge >= 0.3 is 0 Å². The zero-order valence-electron chi connectivity index (χ0n) is 13.6. The summed E-state index contributed by atoms with van der Waals surface area (Å²) >= 11 is 0. The third-order valence-electron chi connectivity index (χ3n) is 3.92. The second-order valence-electron chi connectivity index (χ2n) is 7.57. The minimum atomic E-state index is 0.183. The summed E-state index contributed by atoms with van der Waals surface area (Å²) in [7, 11) is 0. The molecule has 0 spiro atoms. The highest BCUT2D eigenvalue weighted by atomic mass is 16.5.